The van der Waals surface area contributed by atoms with Crippen LogP contribution in [0.3, 0.4) is 0 Å². The van der Waals surface area contributed by atoms with Crippen molar-refractivity contribution in [2.24, 2.45) is 0 Å². The molecule has 1 atom stereocenters. The predicted octanol–water partition coefficient (Wildman–Crippen LogP) is 3.94. The highest BCUT2D eigenvalue weighted by Gasteiger charge is 2.22. The summed E-state index contributed by atoms with van der Waals surface area (Å²) in [5.74, 6) is -0.243. The number of anilines is 1. The molecule has 0 aliphatic rings. The quantitative estimate of drug-likeness (QED) is 0.440. The highest BCUT2D eigenvalue weighted by atomic mass is 16.5. The molecule has 3 aromatic rings. The van der Waals surface area contributed by atoms with Crippen LogP contribution < -0.4 is 15.5 Å². The van der Waals surface area contributed by atoms with Crippen LogP contribution in [0.5, 0.6) is 5.75 Å². The van der Waals surface area contributed by atoms with Gasteiger partial charge < -0.3 is 10.1 Å². The van der Waals surface area contributed by atoms with Crippen molar-refractivity contribution in [2.75, 3.05) is 12.4 Å². The number of ether oxygens (including phenoxy) is 1. The van der Waals surface area contributed by atoms with Crippen molar-refractivity contribution in [1.82, 2.24) is 5.48 Å². The van der Waals surface area contributed by atoms with Gasteiger partial charge in [0.05, 0.1) is 13.0 Å². The lowest BCUT2D eigenvalue weighted by Gasteiger charge is -2.17. The van der Waals surface area contributed by atoms with E-state index >= 15 is 0 Å². The SMILES string of the molecule is COc1cccc(CNc2cccc(C(C(=O)NO)c3ccccc3)c2)c1. The fourth-order valence-corrected chi connectivity index (χ4v) is 3.02. The molecule has 3 N–H and O–H groups in total. The van der Waals surface area contributed by atoms with Crippen LogP contribution >= 0.6 is 0 Å². The molecular weight excluding hydrogens is 340 g/mol. The van der Waals surface area contributed by atoms with E-state index in [4.69, 9.17) is 4.74 Å². The molecule has 5 heteroatoms. The molecule has 3 rings (SSSR count). The third kappa shape index (κ3) is 4.65. The van der Waals surface area contributed by atoms with Gasteiger partial charge in [0.1, 0.15) is 5.75 Å². The van der Waals surface area contributed by atoms with E-state index in [-0.39, 0.29) is 0 Å². The van der Waals surface area contributed by atoms with E-state index in [1.54, 1.807) is 12.6 Å². The molecule has 27 heavy (non-hydrogen) atoms. The van der Waals surface area contributed by atoms with E-state index in [2.05, 4.69) is 5.32 Å². The first-order chi connectivity index (χ1) is 13.2. The highest BCUT2D eigenvalue weighted by Crippen LogP contribution is 2.27. The van der Waals surface area contributed by atoms with Gasteiger partial charge in [0.25, 0.3) is 5.91 Å². The van der Waals surface area contributed by atoms with Crippen LogP contribution in [0.1, 0.15) is 22.6 Å². The summed E-state index contributed by atoms with van der Waals surface area (Å²) in [7, 11) is 1.64. The van der Waals surface area contributed by atoms with E-state index in [1.165, 1.54) is 0 Å². The second-order valence-electron chi connectivity index (χ2n) is 6.15. The fraction of sp³-hybridized carbons (Fsp3) is 0.136. The van der Waals surface area contributed by atoms with Crippen LogP contribution in [-0.2, 0) is 11.3 Å². The third-order valence-electron chi connectivity index (χ3n) is 4.36. The summed E-state index contributed by atoms with van der Waals surface area (Å²) in [6.07, 6.45) is 0. The zero-order valence-electron chi connectivity index (χ0n) is 15.1. The Balaban J connectivity index is 1.81. The number of nitrogens with one attached hydrogen (secondary N) is 2. The minimum atomic E-state index is -0.588. The number of amides is 1. The number of benzene rings is 3. The lowest BCUT2D eigenvalue weighted by Crippen LogP contribution is -2.27. The Labute approximate surface area is 158 Å². The van der Waals surface area contributed by atoms with E-state index in [0.29, 0.717) is 6.54 Å². The molecule has 0 saturated carbocycles. The molecule has 3 aromatic carbocycles. The second kappa shape index (κ2) is 8.87. The number of carbonyl (C=O) groups is 1. The summed E-state index contributed by atoms with van der Waals surface area (Å²) in [6, 6.07) is 24.9. The average molecular weight is 362 g/mol. The van der Waals surface area contributed by atoms with Gasteiger partial charge in [0.2, 0.25) is 0 Å². The molecule has 5 nitrogen and oxygen atoms in total. The van der Waals surface area contributed by atoms with Crippen LogP contribution in [-0.4, -0.2) is 18.2 Å². The van der Waals surface area contributed by atoms with Crippen molar-refractivity contribution in [3.8, 4) is 5.75 Å². The largest absolute Gasteiger partial charge is 0.497 e. The average Bonchev–Trinajstić information content (AvgIpc) is 2.73. The standard InChI is InChI=1S/C22H22N2O3/c1-27-20-12-5-7-16(13-20)15-23-19-11-6-10-18(14-19)21(22(25)24-26)17-8-3-2-4-9-17/h2-14,21,23,26H,15H2,1H3,(H,24,25). The Hall–Kier alpha value is -3.31. The van der Waals surface area contributed by atoms with Crippen LogP contribution in [0, 0.1) is 0 Å². The van der Waals surface area contributed by atoms with Gasteiger partial charge in [0.15, 0.2) is 0 Å². The number of methoxy groups -OCH3 is 1. The number of rotatable bonds is 7. The molecule has 138 valence electrons. The lowest BCUT2D eigenvalue weighted by molar-refractivity contribution is -0.129. The van der Waals surface area contributed by atoms with E-state index in [0.717, 1.165) is 28.1 Å². The first-order valence-electron chi connectivity index (χ1n) is 8.67. The number of carbonyl (C=O) groups excluding carboxylic acids is 1. The molecule has 0 aliphatic heterocycles. The zero-order valence-corrected chi connectivity index (χ0v) is 15.1. The third-order valence-corrected chi connectivity index (χ3v) is 4.36. The maximum Gasteiger partial charge on any atom is 0.255 e. The second-order valence-corrected chi connectivity index (χ2v) is 6.15. The van der Waals surface area contributed by atoms with E-state index < -0.39 is 11.8 Å². The lowest BCUT2D eigenvalue weighted by atomic mass is 9.90. The Morgan fingerprint density at radius 2 is 1.70 bits per heavy atom. The molecule has 0 saturated heterocycles. The number of hydrogen-bond acceptors (Lipinski definition) is 4. The maximum atomic E-state index is 12.3. The van der Waals surface area contributed by atoms with Gasteiger partial charge in [-0.05, 0) is 41.0 Å². The molecule has 1 amide bonds. The maximum absolute atomic E-state index is 12.3. The highest BCUT2D eigenvalue weighted by molar-refractivity contribution is 5.86. The molecule has 1 unspecified atom stereocenters. The van der Waals surface area contributed by atoms with Crippen molar-refractivity contribution in [2.45, 2.75) is 12.5 Å². The first-order valence-corrected chi connectivity index (χ1v) is 8.67. The minimum Gasteiger partial charge on any atom is -0.497 e. The first kappa shape index (κ1) is 18.5. The van der Waals surface area contributed by atoms with Gasteiger partial charge in [-0.1, -0.05) is 54.6 Å². The molecular formula is C22H22N2O3. The van der Waals surface area contributed by atoms with Crippen molar-refractivity contribution < 1.29 is 14.7 Å². The summed E-state index contributed by atoms with van der Waals surface area (Å²) < 4.78 is 5.25. The fourth-order valence-electron chi connectivity index (χ4n) is 3.02. The minimum absolute atomic E-state index is 0.467. The van der Waals surface area contributed by atoms with Crippen molar-refractivity contribution >= 4 is 11.6 Å². The van der Waals surface area contributed by atoms with Gasteiger partial charge >= 0.3 is 0 Å². The molecule has 0 bridgehead atoms. The van der Waals surface area contributed by atoms with Crippen molar-refractivity contribution in [1.29, 1.82) is 0 Å². The monoisotopic (exact) mass is 362 g/mol. The predicted molar refractivity (Wildman–Crippen MR) is 105 cm³/mol. The van der Waals surface area contributed by atoms with E-state index in [9.17, 15) is 10.0 Å². The summed E-state index contributed by atoms with van der Waals surface area (Å²) in [6.45, 7) is 0.628. The number of hydrogen-bond donors (Lipinski definition) is 3. The van der Waals surface area contributed by atoms with Crippen LogP contribution in [0.15, 0.2) is 78.9 Å². The molecule has 0 aromatic heterocycles. The molecule has 0 aliphatic carbocycles. The summed E-state index contributed by atoms with van der Waals surface area (Å²) in [5, 5.41) is 12.5. The van der Waals surface area contributed by atoms with Gasteiger partial charge in [-0.15, -0.1) is 0 Å². The number of hydroxylamine groups is 1. The van der Waals surface area contributed by atoms with Gasteiger partial charge in [-0.25, -0.2) is 5.48 Å². The van der Waals surface area contributed by atoms with Crippen LogP contribution in [0.25, 0.3) is 0 Å². The van der Waals surface area contributed by atoms with Crippen LogP contribution in [0.2, 0.25) is 0 Å². The van der Waals surface area contributed by atoms with E-state index in [1.807, 2.05) is 78.9 Å². The van der Waals surface area contributed by atoms with Gasteiger partial charge in [-0.3, -0.25) is 10.0 Å². The molecule has 0 radical (unpaired) electrons. The molecule has 0 spiro atoms. The van der Waals surface area contributed by atoms with Gasteiger partial charge in [-0.2, -0.15) is 0 Å². The smallest absolute Gasteiger partial charge is 0.255 e. The van der Waals surface area contributed by atoms with Crippen molar-refractivity contribution in [3.63, 3.8) is 0 Å². The topological polar surface area (TPSA) is 70.6 Å². The summed E-state index contributed by atoms with van der Waals surface area (Å²) in [4.78, 5) is 12.3. The summed E-state index contributed by atoms with van der Waals surface area (Å²) in [5.41, 5.74) is 5.37. The van der Waals surface area contributed by atoms with Gasteiger partial charge in [0, 0.05) is 12.2 Å². The Bertz CT molecular complexity index is 897. The Kier molecular flexibility index (Phi) is 6.07. The van der Waals surface area contributed by atoms with Crippen molar-refractivity contribution in [3.05, 3.63) is 95.6 Å². The van der Waals surface area contributed by atoms with Crippen LogP contribution in [0.4, 0.5) is 5.69 Å². The Morgan fingerprint density at radius 1 is 0.963 bits per heavy atom. The normalized spacial score (nSPS) is 11.5. The summed E-state index contributed by atoms with van der Waals surface area (Å²) >= 11 is 0. The zero-order chi connectivity index (χ0) is 19.1. The molecule has 0 fully saturated rings. The Morgan fingerprint density at radius 3 is 2.44 bits per heavy atom. The molecule has 0 heterocycles.